The molecular weight excluding hydrogens is 497 g/mol. The van der Waals surface area contributed by atoms with Gasteiger partial charge in [-0.1, -0.05) is 12.1 Å². The number of hydrogen-bond acceptors (Lipinski definition) is 6. The number of aromatic nitrogens is 3. The Hall–Kier alpha value is -3.83. The maximum Gasteiger partial charge on any atom is 0.416 e. The van der Waals surface area contributed by atoms with Crippen LogP contribution in [0.1, 0.15) is 5.56 Å². The lowest BCUT2D eigenvalue weighted by Crippen LogP contribution is -2.12. The van der Waals surface area contributed by atoms with Crippen molar-refractivity contribution in [1.82, 2.24) is 15.0 Å². The summed E-state index contributed by atoms with van der Waals surface area (Å²) in [6, 6.07) is 12.9. The summed E-state index contributed by atoms with van der Waals surface area (Å²) < 4.78 is 68.4. The van der Waals surface area contributed by atoms with E-state index in [1.54, 1.807) is 29.6 Å². The highest BCUT2D eigenvalue weighted by Gasteiger charge is 2.31. The number of nitrogens with one attached hydrogen (secondary N) is 1. The third kappa shape index (κ3) is 4.60. The van der Waals surface area contributed by atoms with Crippen LogP contribution in [0.3, 0.4) is 0 Å². The molecule has 0 saturated carbocycles. The fourth-order valence-electron chi connectivity index (χ4n) is 3.68. The molecule has 0 bridgehead atoms. The van der Waals surface area contributed by atoms with Crippen LogP contribution in [0.5, 0.6) is 0 Å². The molecule has 0 unspecified atom stereocenters. The first-order valence-electron chi connectivity index (χ1n) is 10.2. The van der Waals surface area contributed by atoms with Crippen LogP contribution in [0.15, 0.2) is 89.7 Å². The smallest absolute Gasteiger partial charge is 0.265 e. The van der Waals surface area contributed by atoms with Crippen molar-refractivity contribution in [3.63, 3.8) is 0 Å². The van der Waals surface area contributed by atoms with E-state index in [4.69, 9.17) is 0 Å². The SMILES string of the molecule is O=S(=O)(Nc1nccs1)c1ccc2c(-c3ccc(C(F)(F)F)cc3-c3ccncc3)nccc2c1. The topological polar surface area (TPSA) is 84.8 Å². The molecule has 0 atom stereocenters. The van der Waals surface area contributed by atoms with Gasteiger partial charge in [0.05, 0.1) is 16.2 Å². The van der Waals surface area contributed by atoms with Gasteiger partial charge in [0.2, 0.25) is 0 Å². The van der Waals surface area contributed by atoms with E-state index in [2.05, 4.69) is 19.7 Å². The quantitative estimate of drug-likeness (QED) is 0.301. The maximum absolute atomic E-state index is 13.5. The van der Waals surface area contributed by atoms with Crippen LogP contribution in [0.4, 0.5) is 18.3 Å². The van der Waals surface area contributed by atoms with Crippen molar-refractivity contribution in [2.45, 2.75) is 11.1 Å². The molecule has 0 spiro atoms. The van der Waals surface area contributed by atoms with Gasteiger partial charge < -0.3 is 0 Å². The molecule has 6 nitrogen and oxygen atoms in total. The molecule has 3 heterocycles. The number of nitrogens with zero attached hydrogens (tertiary/aromatic N) is 3. The highest BCUT2D eigenvalue weighted by Crippen LogP contribution is 2.39. The van der Waals surface area contributed by atoms with E-state index in [9.17, 15) is 21.6 Å². The van der Waals surface area contributed by atoms with Gasteiger partial charge in [-0.15, -0.1) is 11.3 Å². The lowest BCUT2D eigenvalue weighted by Gasteiger charge is -2.15. The average Bonchev–Trinajstić information content (AvgIpc) is 3.35. The normalized spacial score (nSPS) is 12.1. The second-order valence-corrected chi connectivity index (χ2v) is 10.1. The van der Waals surface area contributed by atoms with Gasteiger partial charge in [0.25, 0.3) is 10.0 Å². The molecule has 0 aliphatic heterocycles. The van der Waals surface area contributed by atoms with Crippen molar-refractivity contribution >= 4 is 37.3 Å². The van der Waals surface area contributed by atoms with E-state index < -0.39 is 21.8 Å². The summed E-state index contributed by atoms with van der Waals surface area (Å²) >= 11 is 1.15. The van der Waals surface area contributed by atoms with Crippen LogP contribution in [0.25, 0.3) is 33.2 Å². The minimum Gasteiger partial charge on any atom is -0.265 e. The van der Waals surface area contributed by atoms with Gasteiger partial charge in [-0.2, -0.15) is 13.2 Å². The van der Waals surface area contributed by atoms with Crippen LogP contribution >= 0.6 is 11.3 Å². The number of halogens is 3. The molecule has 0 aliphatic rings. The Kier molecular flexibility index (Phi) is 5.73. The van der Waals surface area contributed by atoms with Gasteiger partial charge in [0.1, 0.15) is 0 Å². The number of benzene rings is 2. The van der Waals surface area contributed by atoms with E-state index in [0.717, 1.165) is 23.5 Å². The summed E-state index contributed by atoms with van der Waals surface area (Å²) in [5, 5.41) is 3.06. The average molecular weight is 513 g/mol. The molecule has 3 aromatic heterocycles. The molecule has 0 amide bonds. The Morgan fingerprint density at radius 1 is 0.829 bits per heavy atom. The number of fused-ring (bicyclic) bond motifs is 1. The minimum absolute atomic E-state index is 0.0270. The number of rotatable bonds is 5. The number of pyridine rings is 2. The highest BCUT2D eigenvalue weighted by molar-refractivity contribution is 7.93. The zero-order chi connectivity index (χ0) is 24.6. The molecule has 2 aromatic carbocycles. The Morgan fingerprint density at radius 2 is 1.63 bits per heavy atom. The van der Waals surface area contributed by atoms with E-state index >= 15 is 0 Å². The van der Waals surface area contributed by atoms with Gasteiger partial charge in [0, 0.05) is 41.1 Å². The first-order chi connectivity index (χ1) is 16.7. The van der Waals surface area contributed by atoms with Crippen LogP contribution in [0, 0.1) is 0 Å². The number of anilines is 1. The summed E-state index contributed by atoms with van der Waals surface area (Å²) in [7, 11) is -3.88. The minimum atomic E-state index is -4.51. The van der Waals surface area contributed by atoms with Gasteiger partial charge in [-0.05, 0) is 59.0 Å². The highest BCUT2D eigenvalue weighted by atomic mass is 32.2. The zero-order valence-electron chi connectivity index (χ0n) is 17.7. The molecule has 0 aliphatic carbocycles. The molecule has 176 valence electrons. The van der Waals surface area contributed by atoms with E-state index in [1.165, 1.54) is 43.0 Å². The van der Waals surface area contributed by atoms with Gasteiger partial charge >= 0.3 is 6.18 Å². The monoisotopic (exact) mass is 512 g/mol. The third-order valence-electron chi connectivity index (χ3n) is 5.29. The Morgan fingerprint density at radius 3 is 2.34 bits per heavy atom. The first-order valence-corrected chi connectivity index (χ1v) is 12.5. The molecule has 5 rings (SSSR count). The van der Waals surface area contributed by atoms with Crippen molar-refractivity contribution in [2.75, 3.05) is 4.72 Å². The number of thiazole rings is 1. The van der Waals surface area contributed by atoms with Crippen LogP contribution in [-0.2, 0) is 16.2 Å². The Labute approximate surface area is 202 Å². The molecule has 5 aromatic rings. The number of hydrogen-bond donors (Lipinski definition) is 1. The summed E-state index contributed by atoms with van der Waals surface area (Å²) in [6.07, 6.45) is 1.48. The fourth-order valence-corrected chi connectivity index (χ4v) is 5.51. The molecule has 11 heteroatoms. The molecular formula is C24H15F3N4O2S2. The van der Waals surface area contributed by atoms with Crippen molar-refractivity contribution in [3.8, 4) is 22.4 Å². The molecule has 35 heavy (non-hydrogen) atoms. The fraction of sp³-hybridized carbons (Fsp3) is 0.0417. The maximum atomic E-state index is 13.5. The summed E-state index contributed by atoms with van der Waals surface area (Å²) in [4.78, 5) is 12.4. The Balaban J connectivity index is 1.65. The predicted molar refractivity (Wildman–Crippen MR) is 128 cm³/mol. The third-order valence-corrected chi connectivity index (χ3v) is 7.45. The second kappa shape index (κ2) is 8.75. The van der Waals surface area contributed by atoms with E-state index in [-0.39, 0.29) is 10.0 Å². The predicted octanol–water partition coefficient (Wildman–Crippen LogP) is 6.24. The second-order valence-electron chi connectivity index (χ2n) is 7.48. The van der Waals surface area contributed by atoms with Gasteiger partial charge in [0.15, 0.2) is 5.13 Å². The first kappa shape index (κ1) is 22.9. The van der Waals surface area contributed by atoms with Gasteiger partial charge in [-0.25, -0.2) is 13.4 Å². The van der Waals surface area contributed by atoms with Crippen molar-refractivity contribution in [2.24, 2.45) is 0 Å². The molecule has 0 saturated heterocycles. The van der Waals surface area contributed by atoms with Crippen LogP contribution in [0.2, 0.25) is 0 Å². The van der Waals surface area contributed by atoms with Crippen LogP contribution in [-0.4, -0.2) is 23.4 Å². The number of alkyl halides is 3. The standard InChI is InChI=1S/C24H15F3N4O2S2/c25-24(26,27)17-1-3-20(21(14-17)15-5-8-28-9-6-15)22-19-4-2-18(13-16(19)7-10-29-22)35(32,33)31-23-30-11-12-34-23/h1-14H,(H,30,31). The number of sulfonamides is 1. The largest absolute Gasteiger partial charge is 0.416 e. The lowest BCUT2D eigenvalue weighted by molar-refractivity contribution is -0.137. The van der Waals surface area contributed by atoms with E-state index in [0.29, 0.717) is 33.2 Å². The van der Waals surface area contributed by atoms with Crippen molar-refractivity contribution in [3.05, 3.63) is 90.3 Å². The zero-order valence-corrected chi connectivity index (χ0v) is 19.3. The molecule has 0 radical (unpaired) electrons. The Bertz CT molecular complexity index is 1620. The van der Waals surface area contributed by atoms with E-state index in [1.807, 2.05) is 0 Å². The molecule has 0 fully saturated rings. The molecule has 1 N–H and O–H groups in total. The van der Waals surface area contributed by atoms with Crippen LogP contribution < -0.4 is 4.72 Å². The van der Waals surface area contributed by atoms with Crippen molar-refractivity contribution in [1.29, 1.82) is 0 Å². The summed E-state index contributed by atoms with van der Waals surface area (Å²) in [5.41, 5.74) is 1.01. The van der Waals surface area contributed by atoms with Crippen molar-refractivity contribution < 1.29 is 21.6 Å². The van der Waals surface area contributed by atoms with Gasteiger partial charge in [-0.3, -0.25) is 14.7 Å². The lowest BCUT2D eigenvalue weighted by atomic mass is 9.93. The summed E-state index contributed by atoms with van der Waals surface area (Å²) in [6.45, 7) is 0. The summed E-state index contributed by atoms with van der Waals surface area (Å²) in [5.74, 6) is 0.